The fourth-order valence-electron chi connectivity index (χ4n) is 1.76. The minimum atomic E-state index is -0.220. The second kappa shape index (κ2) is 5.98. The number of nitrogens with one attached hydrogen (secondary N) is 1. The topological polar surface area (TPSA) is 38.0 Å². The summed E-state index contributed by atoms with van der Waals surface area (Å²) in [5.41, 5.74) is 7.82. The summed E-state index contributed by atoms with van der Waals surface area (Å²) < 4.78 is 14.7. The lowest BCUT2D eigenvalue weighted by molar-refractivity contribution is 0.610. The molecule has 0 spiro atoms. The molecule has 0 fully saturated rings. The van der Waals surface area contributed by atoms with E-state index in [-0.39, 0.29) is 5.82 Å². The number of benzene rings is 2. The lowest BCUT2D eigenvalue weighted by Gasteiger charge is -2.12. The number of anilines is 2. The molecule has 94 valence electrons. The van der Waals surface area contributed by atoms with Gasteiger partial charge < -0.3 is 11.1 Å². The van der Waals surface area contributed by atoms with Crippen LogP contribution in [-0.2, 0) is 6.42 Å². The van der Waals surface area contributed by atoms with Crippen molar-refractivity contribution in [1.29, 1.82) is 0 Å². The minimum absolute atomic E-state index is 0.220. The number of halogens is 2. The lowest BCUT2D eigenvalue weighted by atomic mass is 10.1. The van der Waals surface area contributed by atoms with Crippen molar-refractivity contribution in [3.63, 3.8) is 0 Å². The van der Waals surface area contributed by atoms with Crippen LogP contribution in [0.15, 0.2) is 46.9 Å². The van der Waals surface area contributed by atoms with Crippen molar-refractivity contribution in [2.45, 2.75) is 6.42 Å². The van der Waals surface area contributed by atoms with Gasteiger partial charge in [-0.1, -0.05) is 22.0 Å². The summed E-state index contributed by atoms with van der Waals surface area (Å²) >= 11 is 3.38. The molecule has 2 rings (SSSR count). The Morgan fingerprint density at radius 3 is 2.50 bits per heavy atom. The molecular formula is C14H14BrFN2. The van der Waals surface area contributed by atoms with Crippen LogP contribution >= 0.6 is 15.9 Å². The van der Waals surface area contributed by atoms with Gasteiger partial charge in [0.05, 0.1) is 0 Å². The highest BCUT2D eigenvalue weighted by atomic mass is 79.9. The number of hydrogen-bond donors (Lipinski definition) is 2. The Morgan fingerprint density at radius 1 is 1.11 bits per heavy atom. The Bertz CT molecular complexity index is 526. The summed E-state index contributed by atoms with van der Waals surface area (Å²) in [4.78, 5) is 0. The Labute approximate surface area is 114 Å². The fraction of sp³-hybridized carbons (Fsp3) is 0.143. The molecule has 0 aliphatic carbocycles. The van der Waals surface area contributed by atoms with Gasteiger partial charge in [0.2, 0.25) is 0 Å². The molecule has 0 atom stereocenters. The van der Waals surface area contributed by atoms with Crippen LogP contribution in [0.3, 0.4) is 0 Å². The van der Waals surface area contributed by atoms with Crippen LogP contribution in [0.2, 0.25) is 0 Å². The molecule has 0 amide bonds. The van der Waals surface area contributed by atoms with Gasteiger partial charge in [-0.3, -0.25) is 0 Å². The van der Waals surface area contributed by atoms with Crippen molar-refractivity contribution < 1.29 is 4.39 Å². The van der Waals surface area contributed by atoms with Gasteiger partial charge in [-0.15, -0.1) is 0 Å². The van der Waals surface area contributed by atoms with Crippen molar-refractivity contribution in [3.8, 4) is 0 Å². The third-order valence-electron chi connectivity index (χ3n) is 2.64. The quantitative estimate of drug-likeness (QED) is 0.901. The van der Waals surface area contributed by atoms with Crippen LogP contribution in [0.25, 0.3) is 0 Å². The highest BCUT2D eigenvalue weighted by molar-refractivity contribution is 9.10. The first-order chi connectivity index (χ1) is 8.70. The maximum absolute atomic E-state index is 13.7. The first-order valence-electron chi connectivity index (χ1n) is 5.71. The number of nitrogens with two attached hydrogens (primary N) is 1. The average molecular weight is 309 g/mol. The molecule has 4 heteroatoms. The second-order valence-corrected chi connectivity index (χ2v) is 4.85. The molecule has 2 nitrogen and oxygen atoms in total. The molecule has 0 heterocycles. The van der Waals surface area contributed by atoms with E-state index in [0.29, 0.717) is 18.5 Å². The van der Waals surface area contributed by atoms with Crippen LogP contribution in [0.1, 0.15) is 5.56 Å². The van der Waals surface area contributed by atoms with E-state index >= 15 is 0 Å². The molecule has 0 aliphatic heterocycles. The molecule has 0 bridgehead atoms. The summed E-state index contributed by atoms with van der Waals surface area (Å²) in [6, 6.07) is 12.7. The van der Waals surface area contributed by atoms with Gasteiger partial charge in [-0.2, -0.15) is 0 Å². The summed E-state index contributed by atoms with van der Waals surface area (Å²) in [5.74, 6) is -0.220. The zero-order valence-corrected chi connectivity index (χ0v) is 11.4. The van der Waals surface area contributed by atoms with E-state index in [0.717, 1.165) is 15.8 Å². The Morgan fingerprint density at radius 2 is 1.83 bits per heavy atom. The predicted octanol–water partition coefficient (Wildman–Crippen LogP) is 3.83. The molecule has 2 aromatic carbocycles. The molecule has 2 aromatic rings. The molecule has 0 radical (unpaired) electrons. The van der Waals surface area contributed by atoms with Gasteiger partial charge in [0, 0.05) is 21.4 Å². The van der Waals surface area contributed by atoms with E-state index in [2.05, 4.69) is 21.2 Å². The molecule has 0 aromatic heterocycles. The molecule has 0 saturated carbocycles. The van der Waals surface area contributed by atoms with Crippen molar-refractivity contribution in [3.05, 3.63) is 58.3 Å². The first kappa shape index (κ1) is 13.1. The van der Waals surface area contributed by atoms with Gasteiger partial charge in [-0.25, -0.2) is 4.39 Å². The Balaban J connectivity index is 2.28. The smallest absolute Gasteiger partial charge is 0.128 e. The normalized spacial score (nSPS) is 10.4. The van der Waals surface area contributed by atoms with Gasteiger partial charge in [-0.05, 0) is 49.4 Å². The third kappa shape index (κ3) is 3.09. The Hall–Kier alpha value is -1.39. The average Bonchev–Trinajstić information content (AvgIpc) is 2.36. The maximum atomic E-state index is 13.7. The van der Waals surface area contributed by atoms with Gasteiger partial charge in [0.1, 0.15) is 5.82 Å². The van der Waals surface area contributed by atoms with Crippen LogP contribution < -0.4 is 11.1 Å². The van der Waals surface area contributed by atoms with Gasteiger partial charge in [0.15, 0.2) is 0 Å². The van der Waals surface area contributed by atoms with E-state index in [9.17, 15) is 4.39 Å². The lowest BCUT2D eigenvalue weighted by Crippen LogP contribution is -2.07. The summed E-state index contributed by atoms with van der Waals surface area (Å²) in [6.45, 7) is 0.427. The van der Waals surface area contributed by atoms with E-state index in [4.69, 9.17) is 5.73 Å². The SMILES string of the molecule is NCCc1c(F)cccc1Nc1ccc(Br)cc1. The van der Waals surface area contributed by atoms with Crippen LogP contribution in [-0.4, -0.2) is 6.54 Å². The first-order valence-corrected chi connectivity index (χ1v) is 6.50. The van der Waals surface area contributed by atoms with E-state index in [1.54, 1.807) is 6.07 Å². The van der Waals surface area contributed by atoms with Crippen molar-refractivity contribution in [2.24, 2.45) is 5.73 Å². The van der Waals surface area contributed by atoms with Crippen LogP contribution in [0.4, 0.5) is 15.8 Å². The van der Waals surface area contributed by atoms with Crippen LogP contribution in [0, 0.1) is 5.82 Å². The van der Waals surface area contributed by atoms with E-state index in [1.165, 1.54) is 6.07 Å². The maximum Gasteiger partial charge on any atom is 0.128 e. The number of hydrogen-bond acceptors (Lipinski definition) is 2. The molecule has 3 N–H and O–H groups in total. The third-order valence-corrected chi connectivity index (χ3v) is 3.17. The second-order valence-electron chi connectivity index (χ2n) is 3.94. The summed E-state index contributed by atoms with van der Waals surface area (Å²) in [7, 11) is 0. The zero-order chi connectivity index (χ0) is 13.0. The standard InChI is InChI=1S/C14H14BrFN2/c15-10-4-6-11(7-5-10)18-14-3-1-2-13(16)12(14)8-9-17/h1-7,18H,8-9,17H2. The fourth-order valence-corrected chi connectivity index (χ4v) is 2.03. The summed E-state index contributed by atoms with van der Waals surface area (Å²) in [6.07, 6.45) is 0.519. The van der Waals surface area contributed by atoms with Gasteiger partial charge >= 0.3 is 0 Å². The van der Waals surface area contributed by atoms with Crippen molar-refractivity contribution in [1.82, 2.24) is 0 Å². The van der Waals surface area contributed by atoms with Crippen LogP contribution in [0.5, 0.6) is 0 Å². The predicted molar refractivity (Wildman–Crippen MR) is 76.6 cm³/mol. The monoisotopic (exact) mass is 308 g/mol. The van der Waals surface area contributed by atoms with Crippen molar-refractivity contribution in [2.75, 3.05) is 11.9 Å². The molecule has 0 saturated heterocycles. The summed E-state index contributed by atoms with van der Waals surface area (Å²) in [5, 5.41) is 3.21. The van der Waals surface area contributed by atoms with E-state index < -0.39 is 0 Å². The highest BCUT2D eigenvalue weighted by Crippen LogP contribution is 2.24. The van der Waals surface area contributed by atoms with Gasteiger partial charge in [0.25, 0.3) is 0 Å². The van der Waals surface area contributed by atoms with Crippen molar-refractivity contribution >= 4 is 27.3 Å². The highest BCUT2D eigenvalue weighted by Gasteiger charge is 2.07. The molecule has 0 unspecified atom stereocenters. The molecule has 18 heavy (non-hydrogen) atoms. The zero-order valence-electron chi connectivity index (χ0n) is 9.79. The largest absolute Gasteiger partial charge is 0.355 e. The number of rotatable bonds is 4. The molecular weight excluding hydrogens is 295 g/mol. The minimum Gasteiger partial charge on any atom is -0.355 e. The Kier molecular flexibility index (Phi) is 4.33. The van der Waals surface area contributed by atoms with E-state index in [1.807, 2.05) is 30.3 Å². The molecule has 0 aliphatic rings.